The quantitative estimate of drug-likeness (QED) is 0.326. The van der Waals surface area contributed by atoms with Crippen molar-refractivity contribution in [2.45, 2.75) is 23.9 Å². The topological polar surface area (TPSA) is 17.1 Å². The highest BCUT2D eigenvalue weighted by molar-refractivity contribution is 6.08. The van der Waals surface area contributed by atoms with Gasteiger partial charge in [0.05, 0.1) is 0 Å². The van der Waals surface area contributed by atoms with Crippen molar-refractivity contribution in [2.24, 2.45) is 0 Å². The van der Waals surface area contributed by atoms with E-state index in [9.17, 15) is 18.0 Å². The molecule has 4 aromatic carbocycles. The Morgan fingerprint density at radius 1 is 0.576 bits per heavy atom. The number of fused-ring (bicyclic) bond motifs is 6. The zero-order valence-electron chi connectivity index (χ0n) is 17.8. The molecule has 0 aromatic heterocycles. The summed E-state index contributed by atoms with van der Waals surface area (Å²) in [6.45, 7) is 1.81. The van der Waals surface area contributed by atoms with Gasteiger partial charge in [0, 0.05) is 5.41 Å². The first kappa shape index (κ1) is 20.0. The van der Waals surface area contributed by atoms with Gasteiger partial charge in [0.25, 0.3) is 5.78 Å². The van der Waals surface area contributed by atoms with Gasteiger partial charge >= 0.3 is 6.18 Å². The average molecular weight is 440 g/mol. The Bertz CT molecular complexity index is 1360. The van der Waals surface area contributed by atoms with E-state index in [1.54, 1.807) is 31.2 Å². The minimum atomic E-state index is -5.03. The number of hydrogen-bond donors (Lipinski definition) is 0. The molecule has 0 spiro atoms. The summed E-state index contributed by atoms with van der Waals surface area (Å²) in [5, 5.41) is 0. The highest BCUT2D eigenvalue weighted by atomic mass is 19.4. The normalized spacial score (nSPS) is 16.5. The Labute approximate surface area is 189 Å². The van der Waals surface area contributed by atoms with E-state index in [1.165, 1.54) is 0 Å². The Hall–Kier alpha value is -3.66. The Morgan fingerprint density at radius 2 is 0.879 bits per heavy atom. The number of hydrogen-bond acceptors (Lipinski definition) is 1. The largest absolute Gasteiger partial charge is 0.451 e. The molecule has 0 amide bonds. The molecule has 0 radical (unpaired) electrons. The summed E-state index contributed by atoms with van der Waals surface area (Å²) in [5.41, 5.74) is 2.13. The SMILES string of the molecule is CC1(C2(C(=O)C(F)(F)F)c3ccccc3-c3ccccc32)c2ccccc2-c2ccccc21. The standard InChI is InChI=1S/C29H19F3O/c1-27(22-14-6-2-10-18(22)19-11-3-7-15-23(19)27)28(26(33)29(30,31)32)24-16-8-4-12-20(24)21-13-5-9-17-25(21)28/h2-17H,1H3. The molecule has 1 nitrogen and oxygen atoms in total. The molecule has 6 rings (SSSR count). The second-order valence-corrected chi connectivity index (χ2v) is 8.88. The Balaban J connectivity index is 1.86. The van der Waals surface area contributed by atoms with E-state index in [1.807, 2.05) is 72.8 Å². The molecule has 0 saturated carbocycles. The molecule has 2 aliphatic rings. The lowest BCUT2D eigenvalue weighted by Gasteiger charge is -2.46. The van der Waals surface area contributed by atoms with E-state index in [0.29, 0.717) is 22.3 Å². The van der Waals surface area contributed by atoms with Gasteiger partial charge in [-0.25, -0.2) is 0 Å². The van der Waals surface area contributed by atoms with Gasteiger partial charge in [-0.2, -0.15) is 13.2 Å². The molecule has 0 saturated heterocycles. The third-order valence-electron chi connectivity index (χ3n) is 7.52. The fraction of sp³-hybridized carbons (Fsp3) is 0.138. The second-order valence-electron chi connectivity index (χ2n) is 8.88. The van der Waals surface area contributed by atoms with Crippen LogP contribution in [0.5, 0.6) is 0 Å². The van der Waals surface area contributed by atoms with E-state index in [2.05, 4.69) is 0 Å². The van der Waals surface area contributed by atoms with Crippen molar-refractivity contribution < 1.29 is 18.0 Å². The van der Waals surface area contributed by atoms with Crippen LogP contribution in [0.15, 0.2) is 97.1 Å². The van der Waals surface area contributed by atoms with Crippen molar-refractivity contribution in [2.75, 3.05) is 0 Å². The third kappa shape index (κ3) is 2.26. The molecule has 33 heavy (non-hydrogen) atoms. The predicted molar refractivity (Wildman–Crippen MR) is 122 cm³/mol. The molecule has 4 heteroatoms. The van der Waals surface area contributed by atoms with Gasteiger partial charge in [0.2, 0.25) is 0 Å². The lowest BCUT2D eigenvalue weighted by Crippen LogP contribution is -2.56. The van der Waals surface area contributed by atoms with Gasteiger partial charge in [0.15, 0.2) is 0 Å². The molecule has 4 aromatic rings. The number of carbonyl (C=O) groups excluding carboxylic acids is 1. The van der Waals surface area contributed by atoms with Gasteiger partial charge < -0.3 is 0 Å². The molecule has 0 N–H and O–H groups in total. The number of halogens is 3. The van der Waals surface area contributed by atoms with E-state index < -0.39 is 22.8 Å². The summed E-state index contributed by atoms with van der Waals surface area (Å²) in [7, 11) is 0. The summed E-state index contributed by atoms with van der Waals surface area (Å²) in [6.07, 6.45) is -5.03. The summed E-state index contributed by atoms with van der Waals surface area (Å²) < 4.78 is 43.7. The van der Waals surface area contributed by atoms with Crippen LogP contribution in [0.25, 0.3) is 22.3 Å². The van der Waals surface area contributed by atoms with Gasteiger partial charge in [-0.1, -0.05) is 97.1 Å². The molecule has 2 aliphatic carbocycles. The molecule has 0 bridgehead atoms. The predicted octanol–water partition coefficient (Wildman–Crippen LogP) is 7.07. The van der Waals surface area contributed by atoms with Crippen molar-refractivity contribution in [3.63, 3.8) is 0 Å². The van der Waals surface area contributed by atoms with Crippen LogP contribution in [-0.2, 0) is 15.6 Å². The maximum absolute atomic E-state index is 14.6. The Kier molecular flexibility index (Phi) is 3.90. The molecule has 162 valence electrons. The first-order chi connectivity index (χ1) is 15.8. The lowest BCUT2D eigenvalue weighted by molar-refractivity contribution is -0.177. The van der Waals surface area contributed by atoms with Crippen molar-refractivity contribution >= 4 is 5.78 Å². The van der Waals surface area contributed by atoms with Crippen molar-refractivity contribution in [3.8, 4) is 22.3 Å². The molecular weight excluding hydrogens is 421 g/mol. The van der Waals surface area contributed by atoms with Gasteiger partial charge in [0.1, 0.15) is 5.41 Å². The van der Waals surface area contributed by atoms with Crippen LogP contribution < -0.4 is 0 Å². The smallest absolute Gasteiger partial charge is 0.288 e. The second kappa shape index (κ2) is 6.44. The van der Waals surface area contributed by atoms with E-state index in [-0.39, 0.29) is 0 Å². The number of benzene rings is 4. The summed E-state index contributed by atoms with van der Waals surface area (Å²) in [5.74, 6) is -1.73. The fourth-order valence-electron chi connectivity index (χ4n) is 6.32. The van der Waals surface area contributed by atoms with Crippen molar-refractivity contribution in [1.29, 1.82) is 0 Å². The molecule has 0 heterocycles. The minimum absolute atomic E-state index is 0.405. The maximum atomic E-state index is 14.6. The third-order valence-corrected chi connectivity index (χ3v) is 7.52. The lowest BCUT2D eigenvalue weighted by atomic mass is 9.53. The Morgan fingerprint density at radius 3 is 1.24 bits per heavy atom. The summed E-state index contributed by atoms with van der Waals surface area (Å²) in [6, 6.07) is 29.1. The molecular formula is C29H19F3O. The van der Waals surface area contributed by atoms with E-state index in [4.69, 9.17) is 0 Å². The highest BCUT2D eigenvalue weighted by Crippen LogP contribution is 2.66. The van der Waals surface area contributed by atoms with Crippen LogP contribution in [0, 0.1) is 0 Å². The van der Waals surface area contributed by atoms with Crippen LogP contribution >= 0.6 is 0 Å². The molecule has 0 unspecified atom stereocenters. The molecule has 0 fully saturated rings. The van der Waals surface area contributed by atoms with Gasteiger partial charge in [-0.05, 0) is 51.4 Å². The van der Waals surface area contributed by atoms with Crippen LogP contribution in [0.2, 0.25) is 0 Å². The number of Topliss-reactive ketones (excluding diaryl/α,β-unsaturated/α-hetero) is 1. The zero-order valence-corrected chi connectivity index (χ0v) is 17.8. The fourth-order valence-corrected chi connectivity index (χ4v) is 6.32. The summed E-state index contributed by atoms with van der Waals surface area (Å²) >= 11 is 0. The molecule has 0 aliphatic heterocycles. The number of carbonyl (C=O) groups is 1. The zero-order chi connectivity index (χ0) is 23.0. The maximum Gasteiger partial charge on any atom is 0.451 e. The van der Waals surface area contributed by atoms with Crippen LogP contribution in [-0.4, -0.2) is 12.0 Å². The number of alkyl halides is 3. The van der Waals surface area contributed by atoms with Crippen LogP contribution in [0.1, 0.15) is 29.2 Å². The summed E-state index contributed by atoms with van der Waals surface area (Å²) in [4.78, 5) is 13.8. The van der Waals surface area contributed by atoms with E-state index in [0.717, 1.165) is 22.3 Å². The average Bonchev–Trinajstić information content (AvgIpc) is 3.28. The monoisotopic (exact) mass is 440 g/mol. The molecule has 0 atom stereocenters. The van der Waals surface area contributed by atoms with Gasteiger partial charge in [-0.3, -0.25) is 4.79 Å². The van der Waals surface area contributed by atoms with Crippen LogP contribution in [0.4, 0.5) is 13.2 Å². The van der Waals surface area contributed by atoms with Gasteiger partial charge in [-0.15, -0.1) is 0 Å². The first-order valence-electron chi connectivity index (χ1n) is 10.8. The van der Waals surface area contributed by atoms with Crippen LogP contribution in [0.3, 0.4) is 0 Å². The minimum Gasteiger partial charge on any atom is -0.288 e. The highest BCUT2D eigenvalue weighted by Gasteiger charge is 2.68. The number of ketones is 1. The first-order valence-corrected chi connectivity index (χ1v) is 10.8. The number of rotatable bonds is 2. The van der Waals surface area contributed by atoms with Crippen molar-refractivity contribution in [1.82, 2.24) is 0 Å². The van der Waals surface area contributed by atoms with Crippen molar-refractivity contribution in [3.05, 3.63) is 119 Å². The van der Waals surface area contributed by atoms with E-state index >= 15 is 0 Å².